The first kappa shape index (κ1) is 14.5. The van der Waals surface area contributed by atoms with E-state index in [2.05, 4.69) is 34.5 Å². The van der Waals surface area contributed by atoms with Gasteiger partial charge in [0.2, 0.25) is 0 Å². The van der Waals surface area contributed by atoms with Gasteiger partial charge < -0.3 is 15.2 Å². The molecule has 0 spiro atoms. The molecule has 1 aromatic rings. The van der Waals surface area contributed by atoms with Crippen molar-refractivity contribution in [1.82, 2.24) is 5.32 Å². The van der Waals surface area contributed by atoms with Crippen LogP contribution in [0.1, 0.15) is 6.42 Å². The van der Waals surface area contributed by atoms with Gasteiger partial charge in [0.1, 0.15) is 5.75 Å². The fraction of sp³-hybridized carbons (Fsp3) is 0.167. The maximum Gasteiger partial charge on any atom is 0.412 e. The fourth-order valence-electron chi connectivity index (χ4n) is 1.10. The van der Waals surface area contributed by atoms with Crippen molar-refractivity contribution in [3.63, 3.8) is 0 Å². The predicted octanol–water partition coefficient (Wildman–Crippen LogP) is 2.41. The van der Waals surface area contributed by atoms with Crippen molar-refractivity contribution in [3.8, 4) is 5.75 Å². The van der Waals surface area contributed by atoms with Gasteiger partial charge in [-0.1, -0.05) is 12.6 Å². The Morgan fingerprint density at radius 1 is 1.44 bits per heavy atom. The molecule has 0 saturated heterocycles. The Balaban J connectivity index is 2.34. The number of rotatable bonds is 5. The molecule has 0 atom stereocenters. The molecule has 0 saturated carbocycles. The van der Waals surface area contributed by atoms with E-state index < -0.39 is 12.1 Å². The summed E-state index contributed by atoms with van der Waals surface area (Å²) in [5.41, 5.74) is 0.0459. The summed E-state index contributed by atoms with van der Waals surface area (Å²) >= 11 is 2.11. The lowest BCUT2D eigenvalue weighted by molar-refractivity contribution is -0.132. The third kappa shape index (κ3) is 5.17. The van der Waals surface area contributed by atoms with Gasteiger partial charge >= 0.3 is 12.1 Å². The quantitative estimate of drug-likeness (QED) is 0.624. The number of carbonyl (C=O) groups excluding carboxylic acids is 1. The van der Waals surface area contributed by atoms with Gasteiger partial charge in [0.25, 0.3) is 0 Å². The molecule has 0 unspecified atom stereocenters. The van der Waals surface area contributed by atoms with Gasteiger partial charge in [-0.3, -0.25) is 0 Å². The van der Waals surface area contributed by atoms with Crippen LogP contribution in [0.5, 0.6) is 5.75 Å². The summed E-state index contributed by atoms with van der Waals surface area (Å²) in [6, 6.07) is 7.03. The molecule has 1 amide bonds. The minimum absolute atomic E-state index is 0.0459. The topological polar surface area (TPSA) is 75.6 Å². The van der Waals surface area contributed by atoms with Crippen LogP contribution in [-0.4, -0.2) is 23.7 Å². The van der Waals surface area contributed by atoms with Crippen LogP contribution in [0, 0.1) is 3.57 Å². The number of halogens is 1. The molecule has 1 rings (SSSR count). The zero-order valence-corrected chi connectivity index (χ0v) is 11.6. The van der Waals surface area contributed by atoms with Crippen molar-refractivity contribution >= 4 is 34.7 Å². The van der Waals surface area contributed by atoms with E-state index in [1.165, 1.54) is 0 Å². The van der Waals surface area contributed by atoms with Gasteiger partial charge in [-0.25, -0.2) is 9.59 Å². The molecule has 96 valence electrons. The van der Waals surface area contributed by atoms with Crippen LogP contribution >= 0.6 is 22.6 Å². The minimum atomic E-state index is -1.07. The molecule has 5 nitrogen and oxygen atoms in total. The van der Waals surface area contributed by atoms with Crippen LogP contribution in [0.15, 0.2) is 36.4 Å². The number of hydrogen-bond acceptors (Lipinski definition) is 3. The number of carbonyl (C=O) groups is 2. The lowest BCUT2D eigenvalue weighted by atomic mass is 10.2. The third-order valence-corrected chi connectivity index (χ3v) is 2.68. The van der Waals surface area contributed by atoms with Crippen molar-refractivity contribution in [1.29, 1.82) is 0 Å². The second kappa shape index (κ2) is 7.00. The van der Waals surface area contributed by atoms with E-state index in [1.807, 2.05) is 6.07 Å². The van der Waals surface area contributed by atoms with Gasteiger partial charge in [0.05, 0.1) is 0 Å². The van der Waals surface area contributed by atoms with Crippen LogP contribution in [-0.2, 0) is 4.79 Å². The van der Waals surface area contributed by atoms with Crippen LogP contribution in [0.3, 0.4) is 0 Å². The minimum Gasteiger partial charge on any atom is -0.478 e. The standard InChI is InChI=1S/C12H12INO4/c1-8(11(15)16)5-6-14-12(17)18-10-4-2-3-9(13)7-10/h2-4,7H,1,5-6H2,(H,14,17)(H,15,16). The molecule has 0 aliphatic heterocycles. The summed E-state index contributed by atoms with van der Waals surface area (Å²) in [5.74, 6) is -0.626. The summed E-state index contributed by atoms with van der Waals surface area (Å²) in [4.78, 5) is 21.8. The Morgan fingerprint density at radius 2 is 2.17 bits per heavy atom. The normalized spacial score (nSPS) is 9.61. The van der Waals surface area contributed by atoms with Crippen LogP contribution in [0.25, 0.3) is 0 Å². The molecule has 0 radical (unpaired) electrons. The average Bonchev–Trinajstić information content (AvgIpc) is 2.28. The molecule has 0 aliphatic rings. The molecule has 0 aliphatic carbocycles. The summed E-state index contributed by atoms with van der Waals surface area (Å²) in [5, 5.41) is 11.0. The number of ether oxygens (including phenoxy) is 1. The SMILES string of the molecule is C=C(CCNC(=O)Oc1cccc(I)c1)C(=O)O. The lowest BCUT2D eigenvalue weighted by Gasteiger charge is -2.06. The molecule has 0 aromatic heterocycles. The Hall–Kier alpha value is -1.57. The summed E-state index contributed by atoms with van der Waals surface area (Å²) in [7, 11) is 0. The fourth-order valence-corrected chi connectivity index (χ4v) is 1.61. The lowest BCUT2D eigenvalue weighted by Crippen LogP contribution is -2.28. The highest BCUT2D eigenvalue weighted by Gasteiger charge is 2.07. The molecular formula is C12H12INO4. The first-order chi connectivity index (χ1) is 8.49. The van der Waals surface area contributed by atoms with E-state index in [9.17, 15) is 9.59 Å². The van der Waals surface area contributed by atoms with E-state index in [1.54, 1.807) is 18.2 Å². The van der Waals surface area contributed by atoms with E-state index in [0.717, 1.165) is 3.57 Å². The summed E-state index contributed by atoms with van der Waals surface area (Å²) in [6.07, 6.45) is -0.438. The van der Waals surface area contributed by atoms with Crippen LogP contribution in [0.2, 0.25) is 0 Å². The maximum atomic E-state index is 11.4. The monoisotopic (exact) mass is 361 g/mol. The maximum absolute atomic E-state index is 11.4. The van der Waals surface area contributed by atoms with Gasteiger partial charge in [0, 0.05) is 15.7 Å². The van der Waals surface area contributed by atoms with Gasteiger partial charge in [0.15, 0.2) is 0 Å². The van der Waals surface area contributed by atoms with Crippen LogP contribution < -0.4 is 10.1 Å². The number of aliphatic carboxylic acids is 1. The number of carboxylic acids is 1. The second-order valence-corrected chi connectivity index (χ2v) is 4.68. The van der Waals surface area contributed by atoms with Crippen molar-refractivity contribution in [2.45, 2.75) is 6.42 Å². The zero-order valence-electron chi connectivity index (χ0n) is 9.48. The van der Waals surface area contributed by atoms with E-state index in [0.29, 0.717) is 5.75 Å². The van der Waals surface area contributed by atoms with E-state index in [-0.39, 0.29) is 18.5 Å². The number of benzene rings is 1. The second-order valence-electron chi connectivity index (χ2n) is 3.43. The van der Waals surface area contributed by atoms with Gasteiger partial charge in [-0.15, -0.1) is 0 Å². The Labute approximate surface area is 118 Å². The van der Waals surface area contributed by atoms with E-state index in [4.69, 9.17) is 9.84 Å². The first-order valence-corrected chi connectivity index (χ1v) is 6.19. The molecule has 0 fully saturated rings. The van der Waals surface area contributed by atoms with Crippen molar-refractivity contribution in [2.24, 2.45) is 0 Å². The molecule has 2 N–H and O–H groups in total. The predicted molar refractivity (Wildman–Crippen MR) is 74.6 cm³/mol. The summed E-state index contributed by atoms with van der Waals surface area (Å²) in [6.45, 7) is 3.53. The molecular weight excluding hydrogens is 349 g/mol. The molecule has 0 bridgehead atoms. The highest BCUT2D eigenvalue weighted by Crippen LogP contribution is 2.14. The highest BCUT2D eigenvalue weighted by molar-refractivity contribution is 14.1. The van der Waals surface area contributed by atoms with Crippen molar-refractivity contribution < 1.29 is 19.4 Å². The van der Waals surface area contributed by atoms with Gasteiger partial charge in [-0.05, 0) is 47.2 Å². The van der Waals surface area contributed by atoms with E-state index >= 15 is 0 Å². The van der Waals surface area contributed by atoms with Crippen molar-refractivity contribution in [3.05, 3.63) is 40.0 Å². The van der Waals surface area contributed by atoms with Gasteiger partial charge in [-0.2, -0.15) is 0 Å². The smallest absolute Gasteiger partial charge is 0.412 e. The zero-order chi connectivity index (χ0) is 13.5. The average molecular weight is 361 g/mol. The molecule has 1 aromatic carbocycles. The molecule has 18 heavy (non-hydrogen) atoms. The Morgan fingerprint density at radius 3 is 2.78 bits per heavy atom. The Bertz CT molecular complexity index is 473. The number of nitrogens with one attached hydrogen (secondary N) is 1. The van der Waals surface area contributed by atoms with Crippen LogP contribution in [0.4, 0.5) is 4.79 Å². The molecule has 6 heteroatoms. The third-order valence-electron chi connectivity index (χ3n) is 2.01. The van der Waals surface area contributed by atoms with Crippen molar-refractivity contribution in [2.75, 3.05) is 6.54 Å². The Kier molecular flexibility index (Phi) is 5.63. The highest BCUT2D eigenvalue weighted by atomic mass is 127. The number of hydrogen-bond donors (Lipinski definition) is 2. The first-order valence-electron chi connectivity index (χ1n) is 5.11. The molecule has 0 heterocycles. The number of carboxylic acid groups (broad SMARTS) is 1. The largest absolute Gasteiger partial charge is 0.478 e. The summed E-state index contributed by atoms with van der Waals surface area (Å²) < 4.78 is 5.96. The number of amides is 1.